The molecule has 3 N–H and O–H groups in total. The monoisotopic (exact) mass is 361 g/mol. The van der Waals surface area contributed by atoms with Gasteiger partial charge in [-0.05, 0) is 51.2 Å². The van der Waals surface area contributed by atoms with Crippen molar-refractivity contribution in [1.29, 1.82) is 5.26 Å². The van der Waals surface area contributed by atoms with Gasteiger partial charge in [-0.2, -0.15) is 14.9 Å². The molecule has 3 heterocycles. The lowest BCUT2D eigenvalue weighted by atomic mass is 10.1. The Morgan fingerprint density at radius 3 is 2.81 bits per heavy atom. The van der Waals surface area contributed by atoms with Crippen molar-refractivity contribution in [1.82, 2.24) is 19.6 Å². The number of nitrogens with one attached hydrogen (secondary N) is 1. The fourth-order valence-corrected chi connectivity index (χ4v) is 3.35. The molecule has 3 aromatic rings. The summed E-state index contributed by atoms with van der Waals surface area (Å²) in [4.78, 5) is 9.23. The molecule has 4 rings (SSSR count). The zero-order valence-electron chi connectivity index (χ0n) is 15.7. The van der Waals surface area contributed by atoms with Gasteiger partial charge < -0.3 is 11.1 Å². The summed E-state index contributed by atoms with van der Waals surface area (Å²) in [6, 6.07) is 8.14. The van der Waals surface area contributed by atoms with Crippen LogP contribution in [-0.4, -0.2) is 26.1 Å². The molecule has 3 aromatic heterocycles. The van der Waals surface area contributed by atoms with Crippen LogP contribution in [0.3, 0.4) is 0 Å². The van der Waals surface area contributed by atoms with Crippen molar-refractivity contribution in [2.75, 3.05) is 17.6 Å². The fourth-order valence-electron chi connectivity index (χ4n) is 3.35. The van der Waals surface area contributed by atoms with Gasteiger partial charge in [0.25, 0.3) is 0 Å². The summed E-state index contributed by atoms with van der Waals surface area (Å²) in [6.45, 7) is 4.58. The summed E-state index contributed by atoms with van der Waals surface area (Å²) < 4.78 is 1.61. The Hall–Kier alpha value is -3.14. The van der Waals surface area contributed by atoms with Crippen LogP contribution in [0.2, 0.25) is 0 Å². The number of hydrogen-bond acceptors (Lipinski definition) is 6. The molecule has 0 amide bonds. The van der Waals surface area contributed by atoms with Crippen molar-refractivity contribution in [3.8, 4) is 6.07 Å². The third-order valence-electron chi connectivity index (χ3n) is 5.02. The van der Waals surface area contributed by atoms with Crippen LogP contribution < -0.4 is 11.1 Å². The molecular formula is C20H23N7. The summed E-state index contributed by atoms with van der Waals surface area (Å²) in [5.74, 6) is 1.58. The molecule has 7 nitrogen and oxygen atoms in total. The summed E-state index contributed by atoms with van der Waals surface area (Å²) in [6.07, 6.45) is 4.24. The number of fused-ring (bicyclic) bond motifs is 1. The number of aryl methyl sites for hydroxylation is 2. The minimum Gasteiger partial charge on any atom is -0.382 e. The number of nitrogens with zero attached hydrogens (tertiary/aromatic N) is 5. The lowest BCUT2D eigenvalue weighted by Gasteiger charge is -2.11. The minimum atomic E-state index is 0.333. The van der Waals surface area contributed by atoms with Gasteiger partial charge in [-0.25, -0.2) is 4.98 Å². The number of hydrogen-bond donors (Lipinski definition) is 2. The van der Waals surface area contributed by atoms with Gasteiger partial charge in [0.2, 0.25) is 0 Å². The zero-order valence-corrected chi connectivity index (χ0v) is 15.7. The van der Waals surface area contributed by atoms with Crippen LogP contribution in [0.25, 0.3) is 5.65 Å². The lowest BCUT2D eigenvalue weighted by Crippen LogP contribution is -2.13. The average molecular weight is 361 g/mol. The zero-order chi connectivity index (χ0) is 19.0. The van der Waals surface area contributed by atoms with Crippen LogP contribution in [0.1, 0.15) is 41.1 Å². The molecule has 0 aromatic carbocycles. The van der Waals surface area contributed by atoms with Crippen LogP contribution in [0.15, 0.2) is 18.2 Å². The molecule has 1 aliphatic carbocycles. The SMILES string of the molecule is Cc1cccc(CCNc2nc3c(CC4CC4)c(C)nn3c(N)c2C#N)n1. The second kappa shape index (κ2) is 6.88. The van der Waals surface area contributed by atoms with Crippen molar-refractivity contribution in [2.24, 2.45) is 5.92 Å². The predicted octanol–water partition coefficient (Wildman–Crippen LogP) is 2.80. The predicted molar refractivity (Wildman–Crippen MR) is 104 cm³/mol. The van der Waals surface area contributed by atoms with Gasteiger partial charge in [0.05, 0.1) is 5.69 Å². The maximum absolute atomic E-state index is 9.58. The number of pyridine rings is 1. The standard InChI is InChI=1S/C20H23N7/c1-12-4-3-5-15(24-12)8-9-23-19-17(11-21)18(22)27-20(25-19)16(13(2)26-27)10-14-6-7-14/h3-5,14H,6-10,22H2,1-2H3,(H,23,25). The first-order valence-corrected chi connectivity index (χ1v) is 9.31. The van der Waals surface area contributed by atoms with E-state index in [1.54, 1.807) is 4.52 Å². The lowest BCUT2D eigenvalue weighted by molar-refractivity contribution is 0.829. The first-order chi connectivity index (χ1) is 13.1. The van der Waals surface area contributed by atoms with Crippen molar-refractivity contribution in [3.05, 3.63) is 46.4 Å². The van der Waals surface area contributed by atoms with Crippen LogP contribution >= 0.6 is 0 Å². The highest BCUT2D eigenvalue weighted by atomic mass is 15.3. The summed E-state index contributed by atoms with van der Waals surface area (Å²) in [5, 5.41) is 17.4. The van der Waals surface area contributed by atoms with Crippen LogP contribution in [-0.2, 0) is 12.8 Å². The van der Waals surface area contributed by atoms with Gasteiger partial charge in [0, 0.05) is 29.9 Å². The molecule has 27 heavy (non-hydrogen) atoms. The van der Waals surface area contributed by atoms with Crippen LogP contribution in [0.5, 0.6) is 0 Å². The quantitative estimate of drug-likeness (QED) is 0.699. The summed E-state index contributed by atoms with van der Waals surface area (Å²) in [7, 11) is 0. The van der Waals surface area contributed by atoms with E-state index >= 15 is 0 Å². The molecule has 0 bridgehead atoms. The average Bonchev–Trinajstić information content (AvgIpc) is 3.40. The highest BCUT2D eigenvalue weighted by Gasteiger charge is 2.26. The number of nitrogen functional groups attached to an aromatic ring is 1. The van der Waals surface area contributed by atoms with E-state index in [0.717, 1.165) is 47.1 Å². The van der Waals surface area contributed by atoms with E-state index in [1.807, 2.05) is 32.0 Å². The van der Waals surface area contributed by atoms with Crippen molar-refractivity contribution < 1.29 is 0 Å². The van der Waals surface area contributed by atoms with E-state index in [0.29, 0.717) is 23.7 Å². The second-order valence-electron chi connectivity index (χ2n) is 7.23. The smallest absolute Gasteiger partial charge is 0.163 e. The first-order valence-electron chi connectivity index (χ1n) is 9.31. The highest BCUT2D eigenvalue weighted by Crippen LogP contribution is 2.35. The van der Waals surface area contributed by atoms with Gasteiger partial charge in [-0.1, -0.05) is 6.07 Å². The molecule has 0 spiro atoms. The van der Waals surface area contributed by atoms with E-state index < -0.39 is 0 Å². The number of nitriles is 1. The molecule has 138 valence electrons. The first kappa shape index (κ1) is 17.3. The number of nitrogens with two attached hydrogens (primary N) is 1. The van der Waals surface area contributed by atoms with Crippen LogP contribution in [0, 0.1) is 31.1 Å². The third-order valence-corrected chi connectivity index (χ3v) is 5.02. The van der Waals surface area contributed by atoms with E-state index in [-0.39, 0.29) is 0 Å². The van der Waals surface area contributed by atoms with Crippen molar-refractivity contribution >= 4 is 17.3 Å². The Balaban J connectivity index is 1.63. The molecule has 0 aliphatic heterocycles. The Labute approximate surface area is 158 Å². The molecule has 0 radical (unpaired) electrons. The van der Waals surface area contributed by atoms with Gasteiger partial charge in [0.15, 0.2) is 5.65 Å². The summed E-state index contributed by atoms with van der Waals surface area (Å²) >= 11 is 0. The molecule has 1 fully saturated rings. The van der Waals surface area contributed by atoms with E-state index in [4.69, 9.17) is 10.7 Å². The number of aromatic nitrogens is 4. The fraction of sp³-hybridized carbons (Fsp3) is 0.400. The van der Waals surface area contributed by atoms with Gasteiger partial charge >= 0.3 is 0 Å². The maximum Gasteiger partial charge on any atom is 0.163 e. The van der Waals surface area contributed by atoms with E-state index in [1.165, 1.54) is 12.8 Å². The molecule has 1 aliphatic rings. The molecule has 0 atom stereocenters. The Bertz CT molecular complexity index is 1040. The van der Waals surface area contributed by atoms with Gasteiger partial charge in [0.1, 0.15) is 23.3 Å². The molecular weight excluding hydrogens is 338 g/mol. The van der Waals surface area contributed by atoms with Gasteiger partial charge in [-0.15, -0.1) is 0 Å². The van der Waals surface area contributed by atoms with E-state index in [2.05, 4.69) is 21.5 Å². The molecule has 0 unspecified atom stereocenters. The largest absolute Gasteiger partial charge is 0.382 e. The summed E-state index contributed by atoms with van der Waals surface area (Å²) in [5.41, 5.74) is 11.4. The normalized spacial score (nSPS) is 13.7. The van der Waals surface area contributed by atoms with Crippen molar-refractivity contribution in [2.45, 2.75) is 39.5 Å². The number of rotatable bonds is 6. The molecule has 7 heteroatoms. The molecule has 1 saturated carbocycles. The number of anilines is 2. The highest BCUT2D eigenvalue weighted by molar-refractivity contribution is 5.69. The Kier molecular flexibility index (Phi) is 4.40. The Morgan fingerprint density at radius 2 is 2.11 bits per heavy atom. The van der Waals surface area contributed by atoms with Crippen LogP contribution in [0.4, 0.5) is 11.6 Å². The topological polar surface area (TPSA) is 105 Å². The second-order valence-corrected chi connectivity index (χ2v) is 7.23. The third kappa shape index (κ3) is 3.43. The Morgan fingerprint density at radius 1 is 1.30 bits per heavy atom. The molecule has 0 saturated heterocycles. The van der Waals surface area contributed by atoms with E-state index in [9.17, 15) is 5.26 Å². The van der Waals surface area contributed by atoms with Crippen molar-refractivity contribution in [3.63, 3.8) is 0 Å². The minimum absolute atomic E-state index is 0.333. The van der Waals surface area contributed by atoms with Gasteiger partial charge in [-0.3, -0.25) is 4.98 Å². The maximum atomic E-state index is 9.58.